The third-order valence-corrected chi connectivity index (χ3v) is 7.64. The first-order valence-electron chi connectivity index (χ1n) is 7.61. The van der Waals surface area contributed by atoms with Crippen molar-refractivity contribution in [1.82, 2.24) is 13.9 Å². The highest BCUT2D eigenvalue weighted by Crippen LogP contribution is 2.15. The molecule has 0 bridgehead atoms. The van der Waals surface area contributed by atoms with Crippen LogP contribution >= 0.6 is 0 Å². The first-order valence-corrected chi connectivity index (χ1v) is 10.7. The first kappa shape index (κ1) is 18.3. The van der Waals surface area contributed by atoms with E-state index in [4.69, 9.17) is 0 Å². The van der Waals surface area contributed by atoms with E-state index in [0.29, 0.717) is 26.2 Å². The summed E-state index contributed by atoms with van der Waals surface area (Å²) in [6, 6.07) is 8.08. The van der Waals surface area contributed by atoms with E-state index in [2.05, 4.69) is 5.32 Å². The third kappa shape index (κ3) is 4.51. The molecule has 1 heterocycles. The Bertz CT molecular complexity index is 699. The average Bonchev–Trinajstić information content (AvgIpc) is 2.57. The smallest absolute Gasteiger partial charge is 0.243 e. The molecule has 9 heteroatoms. The topological polar surface area (TPSA) is 86.8 Å². The fourth-order valence-electron chi connectivity index (χ4n) is 2.46. The van der Waals surface area contributed by atoms with Crippen LogP contribution in [0.25, 0.3) is 0 Å². The lowest BCUT2D eigenvalue weighted by Gasteiger charge is -2.28. The van der Waals surface area contributed by atoms with Gasteiger partial charge in [-0.25, -0.2) is 16.8 Å². The van der Waals surface area contributed by atoms with Crippen LogP contribution in [0.1, 0.15) is 6.92 Å². The molecule has 0 atom stereocenters. The van der Waals surface area contributed by atoms with Crippen molar-refractivity contribution in [3.63, 3.8) is 0 Å². The Kier molecular flexibility index (Phi) is 6.15. The second-order valence-electron chi connectivity index (χ2n) is 5.27. The van der Waals surface area contributed by atoms with Gasteiger partial charge in [0, 0.05) is 39.3 Å². The fourth-order valence-corrected chi connectivity index (χ4v) is 5.49. The molecule has 0 aliphatic carbocycles. The van der Waals surface area contributed by atoms with Crippen LogP contribution in [0.15, 0.2) is 35.2 Å². The van der Waals surface area contributed by atoms with E-state index in [0.717, 1.165) is 0 Å². The van der Waals surface area contributed by atoms with E-state index in [1.807, 2.05) is 0 Å². The molecule has 1 aliphatic heterocycles. The summed E-state index contributed by atoms with van der Waals surface area (Å²) in [5, 5.41) is 3.10. The Morgan fingerprint density at radius 1 is 1.09 bits per heavy atom. The molecule has 0 unspecified atom stereocenters. The molecule has 1 N–H and O–H groups in total. The van der Waals surface area contributed by atoms with Gasteiger partial charge in [0.05, 0.1) is 10.6 Å². The van der Waals surface area contributed by atoms with Crippen LogP contribution in [0.3, 0.4) is 0 Å². The van der Waals surface area contributed by atoms with Crippen molar-refractivity contribution in [3.8, 4) is 0 Å². The summed E-state index contributed by atoms with van der Waals surface area (Å²) in [4.78, 5) is 0.182. The summed E-state index contributed by atoms with van der Waals surface area (Å²) < 4.78 is 52.5. The molecule has 0 amide bonds. The van der Waals surface area contributed by atoms with Crippen LogP contribution in [0.4, 0.5) is 0 Å². The van der Waals surface area contributed by atoms with Gasteiger partial charge in [0.15, 0.2) is 0 Å². The van der Waals surface area contributed by atoms with Crippen LogP contribution in [-0.2, 0) is 20.0 Å². The second-order valence-corrected chi connectivity index (χ2v) is 9.30. The molecule has 0 aromatic heterocycles. The summed E-state index contributed by atoms with van der Waals surface area (Å²) in [5.41, 5.74) is 0. The number of hydrogen-bond donors (Lipinski definition) is 1. The summed E-state index contributed by atoms with van der Waals surface area (Å²) in [5.74, 6) is -0.201. The largest absolute Gasteiger partial charge is 0.314 e. The lowest BCUT2D eigenvalue weighted by Crippen LogP contribution is -2.48. The van der Waals surface area contributed by atoms with Crippen molar-refractivity contribution in [2.75, 3.05) is 45.0 Å². The van der Waals surface area contributed by atoms with Crippen LogP contribution in [0.5, 0.6) is 0 Å². The number of hydrogen-bond acceptors (Lipinski definition) is 5. The monoisotopic (exact) mass is 361 g/mol. The van der Waals surface area contributed by atoms with E-state index in [9.17, 15) is 16.8 Å². The summed E-state index contributed by atoms with van der Waals surface area (Å²) in [6.45, 7) is 4.00. The quantitative estimate of drug-likeness (QED) is 0.735. The van der Waals surface area contributed by atoms with Crippen molar-refractivity contribution in [1.29, 1.82) is 0 Å². The maximum atomic E-state index is 12.6. The number of nitrogens with one attached hydrogen (secondary N) is 1. The van der Waals surface area contributed by atoms with Crippen LogP contribution in [-0.4, -0.2) is 70.5 Å². The number of nitrogens with zero attached hydrogens (tertiary/aromatic N) is 2. The van der Waals surface area contributed by atoms with Gasteiger partial charge in [-0.3, -0.25) is 0 Å². The highest BCUT2D eigenvalue weighted by molar-refractivity contribution is 7.90. The lowest BCUT2D eigenvalue weighted by atomic mass is 10.4. The standard InChI is InChI=1S/C14H23N3O4S2/c1-2-16(23(20,21)14-6-4-3-5-7-14)12-13-22(18,19)17-10-8-15-9-11-17/h3-7,15H,2,8-13H2,1H3. The van der Waals surface area contributed by atoms with Gasteiger partial charge in [-0.15, -0.1) is 0 Å². The van der Waals surface area contributed by atoms with E-state index in [-0.39, 0.29) is 23.7 Å². The number of benzene rings is 1. The van der Waals surface area contributed by atoms with Crippen molar-refractivity contribution in [2.24, 2.45) is 0 Å². The minimum Gasteiger partial charge on any atom is -0.314 e. The summed E-state index contributed by atoms with van der Waals surface area (Å²) >= 11 is 0. The Hall–Kier alpha value is -1.00. The Labute approximate surface area is 138 Å². The van der Waals surface area contributed by atoms with Crippen LogP contribution in [0, 0.1) is 0 Å². The normalized spacial score (nSPS) is 17.5. The molecule has 1 fully saturated rings. The molecule has 2 rings (SSSR count). The molecule has 1 saturated heterocycles. The van der Waals surface area contributed by atoms with Crippen molar-refractivity contribution in [2.45, 2.75) is 11.8 Å². The first-order chi connectivity index (χ1) is 10.9. The van der Waals surface area contributed by atoms with E-state index in [1.165, 1.54) is 20.7 Å². The zero-order valence-corrected chi connectivity index (χ0v) is 14.8. The van der Waals surface area contributed by atoms with Crippen molar-refractivity contribution in [3.05, 3.63) is 30.3 Å². The Balaban J connectivity index is 2.08. The van der Waals surface area contributed by atoms with Crippen LogP contribution < -0.4 is 5.32 Å². The van der Waals surface area contributed by atoms with E-state index in [1.54, 1.807) is 25.1 Å². The molecular formula is C14H23N3O4S2. The molecule has 23 heavy (non-hydrogen) atoms. The molecule has 0 saturated carbocycles. The number of rotatable bonds is 7. The summed E-state index contributed by atoms with van der Waals surface area (Å²) in [6.07, 6.45) is 0. The second kappa shape index (κ2) is 7.71. The van der Waals surface area contributed by atoms with Gasteiger partial charge in [0.1, 0.15) is 0 Å². The average molecular weight is 361 g/mol. The van der Waals surface area contributed by atoms with Gasteiger partial charge >= 0.3 is 0 Å². The molecular weight excluding hydrogens is 338 g/mol. The Morgan fingerprint density at radius 3 is 2.26 bits per heavy atom. The van der Waals surface area contributed by atoms with Gasteiger partial charge in [-0.2, -0.15) is 8.61 Å². The molecule has 0 spiro atoms. The maximum absolute atomic E-state index is 12.6. The van der Waals surface area contributed by atoms with Gasteiger partial charge in [0.25, 0.3) is 0 Å². The van der Waals surface area contributed by atoms with Crippen LogP contribution in [0.2, 0.25) is 0 Å². The summed E-state index contributed by atoms with van der Waals surface area (Å²) in [7, 11) is -7.11. The fraction of sp³-hybridized carbons (Fsp3) is 0.571. The van der Waals surface area contributed by atoms with Gasteiger partial charge in [-0.05, 0) is 12.1 Å². The molecule has 130 valence electrons. The number of piperazine rings is 1. The maximum Gasteiger partial charge on any atom is 0.243 e. The number of sulfonamides is 2. The Morgan fingerprint density at radius 2 is 1.70 bits per heavy atom. The van der Waals surface area contributed by atoms with Crippen molar-refractivity contribution < 1.29 is 16.8 Å². The van der Waals surface area contributed by atoms with E-state index >= 15 is 0 Å². The highest BCUT2D eigenvalue weighted by Gasteiger charge is 2.28. The molecule has 0 radical (unpaired) electrons. The lowest BCUT2D eigenvalue weighted by molar-refractivity contribution is 0.357. The molecule has 1 aliphatic rings. The third-order valence-electron chi connectivity index (χ3n) is 3.80. The molecule has 1 aromatic rings. The van der Waals surface area contributed by atoms with Gasteiger partial charge in [-0.1, -0.05) is 25.1 Å². The van der Waals surface area contributed by atoms with Gasteiger partial charge < -0.3 is 5.32 Å². The predicted molar refractivity (Wildman–Crippen MR) is 89.1 cm³/mol. The van der Waals surface area contributed by atoms with Crippen molar-refractivity contribution >= 4 is 20.0 Å². The SMILES string of the molecule is CCN(CCS(=O)(=O)N1CCNCC1)S(=O)(=O)c1ccccc1. The zero-order chi connectivity index (χ0) is 16.9. The minimum absolute atomic E-state index is 0.0417. The zero-order valence-electron chi connectivity index (χ0n) is 13.2. The van der Waals surface area contributed by atoms with Gasteiger partial charge in [0.2, 0.25) is 20.0 Å². The molecule has 1 aromatic carbocycles. The minimum atomic E-state index is -3.67. The highest BCUT2D eigenvalue weighted by atomic mass is 32.2. The molecule has 7 nitrogen and oxygen atoms in total. The van der Waals surface area contributed by atoms with E-state index < -0.39 is 20.0 Å². The predicted octanol–water partition coefficient (Wildman–Crippen LogP) is -0.0678.